The molecule has 0 aliphatic carbocycles. The average molecular weight is 439 g/mol. The molecule has 8 heteroatoms. The lowest BCUT2D eigenvalue weighted by Gasteiger charge is -2.36. The van der Waals surface area contributed by atoms with E-state index >= 15 is 0 Å². The van der Waals surface area contributed by atoms with Crippen molar-refractivity contribution in [2.75, 3.05) is 43.4 Å². The summed E-state index contributed by atoms with van der Waals surface area (Å²) in [7, 11) is 0. The van der Waals surface area contributed by atoms with Crippen molar-refractivity contribution >= 4 is 40.7 Å². The number of thioether (sulfide) groups is 1. The molecule has 1 N–H and O–H groups in total. The Balaban J connectivity index is 1.26. The van der Waals surface area contributed by atoms with Crippen molar-refractivity contribution in [3.8, 4) is 0 Å². The van der Waals surface area contributed by atoms with E-state index in [2.05, 4.69) is 14.8 Å². The summed E-state index contributed by atoms with van der Waals surface area (Å²) in [6.07, 6.45) is 2.74. The molecule has 3 heterocycles. The number of nitrogens with one attached hydrogen (secondary N) is 1. The van der Waals surface area contributed by atoms with E-state index in [9.17, 15) is 4.79 Å². The van der Waals surface area contributed by atoms with Crippen LogP contribution in [0.5, 0.6) is 0 Å². The zero-order chi connectivity index (χ0) is 19.5. The van der Waals surface area contributed by atoms with Gasteiger partial charge < -0.3 is 9.88 Å². The molecule has 0 spiro atoms. The summed E-state index contributed by atoms with van der Waals surface area (Å²) in [4.78, 5) is 24.7. The summed E-state index contributed by atoms with van der Waals surface area (Å²) in [5.41, 5.74) is 3.07. The van der Waals surface area contributed by atoms with E-state index in [1.165, 1.54) is 0 Å². The first kappa shape index (κ1) is 20.1. The number of aryl methyl sites for hydroxylation is 2. The molecule has 5 nitrogen and oxygen atoms in total. The Bertz CT molecular complexity index is 896. The molecule has 1 fully saturated rings. The predicted molar refractivity (Wildman–Crippen MR) is 118 cm³/mol. The summed E-state index contributed by atoms with van der Waals surface area (Å²) in [5, 5.41) is 1.20. The van der Waals surface area contributed by atoms with Crippen LogP contribution in [0.1, 0.15) is 23.5 Å². The van der Waals surface area contributed by atoms with Crippen LogP contribution in [0.4, 0.5) is 5.69 Å². The second kappa shape index (κ2) is 9.08. The molecule has 0 saturated carbocycles. The Kier molecular flexibility index (Phi) is 6.51. The zero-order valence-electron chi connectivity index (χ0n) is 15.7. The first-order chi connectivity index (χ1) is 13.6. The van der Waals surface area contributed by atoms with Crippen LogP contribution in [0, 0.1) is 0 Å². The third-order valence-electron chi connectivity index (χ3n) is 5.41. The first-order valence-electron chi connectivity index (χ1n) is 9.71. The van der Waals surface area contributed by atoms with E-state index in [1.807, 2.05) is 30.0 Å². The van der Waals surface area contributed by atoms with Gasteiger partial charge in [0, 0.05) is 49.6 Å². The minimum absolute atomic E-state index is 0.0578. The largest absolute Gasteiger partial charge is 0.369 e. The number of H-pyrrole nitrogens is 1. The summed E-state index contributed by atoms with van der Waals surface area (Å²) in [5.74, 6) is 2.69. The fraction of sp³-hybridized carbons (Fsp3) is 0.500. The second-order valence-corrected chi connectivity index (χ2v) is 9.19. The van der Waals surface area contributed by atoms with Crippen LogP contribution in [0.15, 0.2) is 23.0 Å². The highest BCUT2D eigenvalue weighted by atomic mass is 35.5. The van der Waals surface area contributed by atoms with E-state index in [0.717, 1.165) is 86.3 Å². The molecule has 2 aliphatic heterocycles. The molecule has 1 aromatic heterocycles. The Hall–Kier alpha value is -1.21. The van der Waals surface area contributed by atoms with Crippen LogP contribution in [-0.4, -0.2) is 53.3 Å². The molecular weight excluding hydrogens is 415 g/mol. The Morgan fingerprint density at radius 2 is 1.96 bits per heavy atom. The second-order valence-electron chi connectivity index (χ2n) is 7.27. The van der Waals surface area contributed by atoms with Gasteiger partial charge in [-0.25, -0.2) is 4.98 Å². The molecule has 0 amide bonds. The summed E-state index contributed by atoms with van der Waals surface area (Å²) >= 11 is 14.0. The standard InChI is InChI=1S/C20H24Cl2N4OS/c21-16-4-3-14(12-17(16)22)26-9-7-25(8-10-26)6-1-2-19-23-18-5-11-28-13-15(18)20(27)24-19/h3-4,12H,1-2,5-11,13H2,(H,23,24,27). The highest BCUT2D eigenvalue weighted by Gasteiger charge is 2.19. The molecule has 0 radical (unpaired) electrons. The van der Waals surface area contributed by atoms with Crippen molar-refractivity contribution in [3.63, 3.8) is 0 Å². The molecule has 0 unspecified atom stereocenters. The van der Waals surface area contributed by atoms with Gasteiger partial charge in [0.25, 0.3) is 5.56 Å². The lowest BCUT2D eigenvalue weighted by Crippen LogP contribution is -2.46. The van der Waals surface area contributed by atoms with Gasteiger partial charge in [0.1, 0.15) is 5.82 Å². The number of piperazine rings is 1. The average Bonchev–Trinajstić information content (AvgIpc) is 2.71. The summed E-state index contributed by atoms with van der Waals surface area (Å²) in [6, 6.07) is 5.83. The molecule has 0 bridgehead atoms. The van der Waals surface area contributed by atoms with E-state index in [-0.39, 0.29) is 5.56 Å². The van der Waals surface area contributed by atoms with Crippen LogP contribution in [0.3, 0.4) is 0 Å². The van der Waals surface area contributed by atoms with Crippen molar-refractivity contribution in [1.29, 1.82) is 0 Å². The number of fused-ring (bicyclic) bond motifs is 1. The molecular formula is C20H24Cl2N4OS. The van der Waals surface area contributed by atoms with Crippen molar-refractivity contribution in [2.45, 2.75) is 25.0 Å². The maximum Gasteiger partial charge on any atom is 0.255 e. The molecule has 2 aliphatic rings. The molecule has 4 rings (SSSR count). The zero-order valence-corrected chi connectivity index (χ0v) is 18.0. The van der Waals surface area contributed by atoms with Crippen molar-refractivity contribution in [3.05, 3.63) is 55.7 Å². The Morgan fingerprint density at radius 1 is 1.14 bits per heavy atom. The van der Waals surface area contributed by atoms with Gasteiger partial charge in [-0.3, -0.25) is 9.69 Å². The first-order valence-corrected chi connectivity index (χ1v) is 11.6. The van der Waals surface area contributed by atoms with Crippen LogP contribution in [0.25, 0.3) is 0 Å². The number of anilines is 1. The van der Waals surface area contributed by atoms with Gasteiger partial charge >= 0.3 is 0 Å². The number of aromatic amines is 1. The van der Waals surface area contributed by atoms with Crippen molar-refractivity contribution < 1.29 is 0 Å². The normalized spacial score (nSPS) is 17.6. The Morgan fingerprint density at radius 3 is 2.75 bits per heavy atom. The quantitative estimate of drug-likeness (QED) is 0.772. The van der Waals surface area contributed by atoms with Gasteiger partial charge in [-0.1, -0.05) is 23.2 Å². The topological polar surface area (TPSA) is 52.2 Å². The van der Waals surface area contributed by atoms with Crippen LogP contribution >= 0.6 is 35.0 Å². The number of nitrogens with zero attached hydrogens (tertiary/aromatic N) is 3. The van der Waals surface area contributed by atoms with Crippen molar-refractivity contribution in [2.24, 2.45) is 0 Å². The smallest absolute Gasteiger partial charge is 0.255 e. The number of rotatable bonds is 5. The van der Waals surface area contributed by atoms with Crippen LogP contribution in [-0.2, 0) is 18.6 Å². The van der Waals surface area contributed by atoms with Crippen LogP contribution < -0.4 is 10.5 Å². The third-order valence-corrected chi connectivity index (χ3v) is 7.13. The number of benzene rings is 1. The van der Waals surface area contributed by atoms with E-state index in [4.69, 9.17) is 28.2 Å². The van der Waals surface area contributed by atoms with Gasteiger partial charge in [0.15, 0.2) is 0 Å². The summed E-state index contributed by atoms with van der Waals surface area (Å²) < 4.78 is 0. The number of aromatic nitrogens is 2. The fourth-order valence-corrected chi connectivity index (χ4v) is 5.07. The molecule has 28 heavy (non-hydrogen) atoms. The van der Waals surface area contributed by atoms with Gasteiger partial charge in [0.05, 0.1) is 15.7 Å². The van der Waals surface area contributed by atoms with Gasteiger partial charge in [0.2, 0.25) is 0 Å². The maximum atomic E-state index is 12.2. The van der Waals surface area contributed by atoms with Crippen molar-refractivity contribution in [1.82, 2.24) is 14.9 Å². The van der Waals surface area contributed by atoms with E-state index in [0.29, 0.717) is 10.0 Å². The summed E-state index contributed by atoms with van der Waals surface area (Å²) in [6.45, 7) is 5.01. The van der Waals surface area contributed by atoms with Gasteiger partial charge in [-0.2, -0.15) is 11.8 Å². The number of hydrogen-bond acceptors (Lipinski definition) is 5. The molecule has 0 atom stereocenters. The fourth-order valence-electron chi connectivity index (χ4n) is 3.79. The lowest BCUT2D eigenvalue weighted by molar-refractivity contribution is 0.254. The highest BCUT2D eigenvalue weighted by molar-refractivity contribution is 7.98. The minimum Gasteiger partial charge on any atom is -0.369 e. The molecule has 1 saturated heterocycles. The van der Waals surface area contributed by atoms with Gasteiger partial charge in [-0.05, 0) is 43.3 Å². The SMILES string of the molecule is O=c1[nH]c(CCCN2CCN(c3ccc(Cl)c(Cl)c3)CC2)nc2c1CSCC2. The lowest BCUT2D eigenvalue weighted by atomic mass is 10.2. The molecule has 2 aromatic rings. The van der Waals surface area contributed by atoms with Crippen LogP contribution in [0.2, 0.25) is 10.0 Å². The molecule has 1 aromatic carbocycles. The minimum atomic E-state index is 0.0578. The highest BCUT2D eigenvalue weighted by Crippen LogP contribution is 2.27. The van der Waals surface area contributed by atoms with E-state index in [1.54, 1.807) is 0 Å². The van der Waals surface area contributed by atoms with E-state index < -0.39 is 0 Å². The monoisotopic (exact) mass is 438 g/mol. The maximum absolute atomic E-state index is 12.2. The number of hydrogen-bond donors (Lipinski definition) is 1. The predicted octanol–water partition coefficient (Wildman–Crippen LogP) is 3.62. The Labute approximate surface area is 179 Å². The third kappa shape index (κ3) is 4.67. The number of halogens is 2. The molecule has 150 valence electrons. The van der Waals surface area contributed by atoms with Gasteiger partial charge in [-0.15, -0.1) is 0 Å².